The SMILES string of the molecule is CCNC(C)(C)C(=O)Nc1cc(OC)cc(OC)c1. The molecule has 1 aromatic rings. The topological polar surface area (TPSA) is 59.6 Å². The molecule has 1 amide bonds. The van der Waals surface area contributed by atoms with Crippen molar-refractivity contribution in [1.82, 2.24) is 5.32 Å². The van der Waals surface area contributed by atoms with Crippen LogP contribution in [0.4, 0.5) is 5.69 Å². The van der Waals surface area contributed by atoms with Gasteiger partial charge in [-0.2, -0.15) is 0 Å². The maximum absolute atomic E-state index is 12.2. The molecule has 0 aromatic heterocycles. The molecule has 0 aliphatic rings. The summed E-state index contributed by atoms with van der Waals surface area (Å²) in [5, 5.41) is 5.98. The highest BCUT2D eigenvalue weighted by atomic mass is 16.5. The lowest BCUT2D eigenvalue weighted by Crippen LogP contribution is -2.49. The summed E-state index contributed by atoms with van der Waals surface area (Å²) in [4.78, 5) is 12.2. The minimum absolute atomic E-state index is 0.107. The Balaban J connectivity index is 2.90. The zero-order valence-corrected chi connectivity index (χ0v) is 12.2. The van der Waals surface area contributed by atoms with Crippen LogP contribution in [0, 0.1) is 0 Å². The van der Waals surface area contributed by atoms with Crippen LogP contribution in [0.15, 0.2) is 18.2 Å². The second kappa shape index (κ2) is 6.43. The molecule has 0 spiro atoms. The zero-order chi connectivity index (χ0) is 14.5. The number of anilines is 1. The van der Waals surface area contributed by atoms with Gasteiger partial charge < -0.3 is 20.1 Å². The van der Waals surface area contributed by atoms with E-state index in [1.807, 2.05) is 20.8 Å². The van der Waals surface area contributed by atoms with Crippen molar-refractivity contribution in [3.05, 3.63) is 18.2 Å². The molecule has 0 bridgehead atoms. The van der Waals surface area contributed by atoms with Gasteiger partial charge in [-0.3, -0.25) is 4.79 Å². The Morgan fingerprint density at radius 2 is 1.68 bits per heavy atom. The fraction of sp³-hybridized carbons (Fsp3) is 0.500. The first-order chi connectivity index (χ1) is 8.92. The van der Waals surface area contributed by atoms with Crippen LogP contribution < -0.4 is 20.1 Å². The average Bonchev–Trinajstić information content (AvgIpc) is 2.38. The number of ether oxygens (including phenoxy) is 2. The first-order valence-electron chi connectivity index (χ1n) is 6.22. The lowest BCUT2D eigenvalue weighted by atomic mass is 10.0. The van der Waals surface area contributed by atoms with E-state index in [1.54, 1.807) is 32.4 Å². The number of likely N-dealkylation sites (N-methyl/N-ethyl adjacent to an activating group) is 1. The Labute approximate surface area is 114 Å². The van der Waals surface area contributed by atoms with Crippen LogP contribution in [0.1, 0.15) is 20.8 Å². The van der Waals surface area contributed by atoms with Crippen molar-refractivity contribution >= 4 is 11.6 Å². The predicted octanol–water partition coefficient (Wildman–Crippen LogP) is 2.03. The second-order valence-corrected chi connectivity index (χ2v) is 4.71. The maximum Gasteiger partial charge on any atom is 0.244 e. The standard InChI is InChI=1S/C14H22N2O3/c1-6-15-14(2,3)13(17)16-10-7-11(18-4)9-12(8-10)19-5/h7-9,15H,6H2,1-5H3,(H,16,17). The number of hydrogen-bond donors (Lipinski definition) is 2. The lowest BCUT2D eigenvalue weighted by molar-refractivity contribution is -0.121. The molecule has 0 fully saturated rings. The van der Waals surface area contributed by atoms with E-state index in [0.29, 0.717) is 17.2 Å². The highest BCUT2D eigenvalue weighted by molar-refractivity contribution is 5.97. The molecule has 106 valence electrons. The average molecular weight is 266 g/mol. The van der Waals surface area contributed by atoms with Crippen molar-refractivity contribution in [2.24, 2.45) is 0 Å². The van der Waals surface area contributed by atoms with E-state index in [-0.39, 0.29) is 5.91 Å². The maximum atomic E-state index is 12.2. The number of rotatable bonds is 6. The van der Waals surface area contributed by atoms with Gasteiger partial charge in [0.25, 0.3) is 0 Å². The third-order valence-electron chi connectivity index (χ3n) is 2.80. The Morgan fingerprint density at radius 1 is 1.16 bits per heavy atom. The predicted molar refractivity (Wildman–Crippen MR) is 75.9 cm³/mol. The highest BCUT2D eigenvalue weighted by Crippen LogP contribution is 2.26. The number of carbonyl (C=O) groups is 1. The molecular formula is C14H22N2O3. The van der Waals surface area contributed by atoms with E-state index in [2.05, 4.69) is 10.6 Å². The van der Waals surface area contributed by atoms with Gasteiger partial charge in [-0.15, -0.1) is 0 Å². The van der Waals surface area contributed by atoms with Gasteiger partial charge in [0.15, 0.2) is 0 Å². The molecule has 0 heterocycles. The first kappa shape index (κ1) is 15.3. The van der Waals surface area contributed by atoms with Crippen molar-refractivity contribution in [3.63, 3.8) is 0 Å². The van der Waals surface area contributed by atoms with Gasteiger partial charge >= 0.3 is 0 Å². The van der Waals surface area contributed by atoms with Gasteiger partial charge in [-0.05, 0) is 20.4 Å². The van der Waals surface area contributed by atoms with Crippen LogP contribution in [0.25, 0.3) is 0 Å². The fourth-order valence-corrected chi connectivity index (χ4v) is 1.69. The molecule has 0 atom stereocenters. The quantitative estimate of drug-likeness (QED) is 0.827. The van der Waals surface area contributed by atoms with Crippen molar-refractivity contribution < 1.29 is 14.3 Å². The normalized spacial score (nSPS) is 11.0. The van der Waals surface area contributed by atoms with Gasteiger partial charge in [0.05, 0.1) is 19.8 Å². The molecule has 0 saturated carbocycles. The monoisotopic (exact) mass is 266 g/mol. The summed E-state index contributed by atoms with van der Waals surface area (Å²) >= 11 is 0. The summed E-state index contributed by atoms with van der Waals surface area (Å²) in [6.45, 7) is 6.36. The second-order valence-electron chi connectivity index (χ2n) is 4.71. The van der Waals surface area contributed by atoms with E-state index >= 15 is 0 Å². The fourth-order valence-electron chi connectivity index (χ4n) is 1.69. The molecule has 0 aliphatic heterocycles. The van der Waals surface area contributed by atoms with Crippen LogP contribution >= 0.6 is 0 Å². The smallest absolute Gasteiger partial charge is 0.244 e. The number of methoxy groups -OCH3 is 2. The van der Waals surface area contributed by atoms with Crippen LogP contribution in [0.3, 0.4) is 0 Å². The Kier molecular flexibility index (Phi) is 5.18. The van der Waals surface area contributed by atoms with Gasteiger partial charge in [0.2, 0.25) is 5.91 Å². The zero-order valence-electron chi connectivity index (χ0n) is 12.2. The molecular weight excluding hydrogens is 244 g/mol. The number of benzene rings is 1. The molecule has 2 N–H and O–H groups in total. The summed E-state index contributed by atoms with van der Waals surface area (Å²) in [5.41, 5.74) is 0.0117. The van der Waals surface area contributed by atoms with Gasteiger partial charge in [-0.25, -0.2) is 0 Å². The third-order valence-corrected chi connectivity index (χ3v) is 2.80. The van der Waals surface area contributed by atoms with Crippen LogP contribution in [-0.4, -0.2) is 32.2 Å². The highest BCUT2D eigenvalue weighted by Gasteiger charge is 2.26. The van der Waals surface area contributed by atoms with E-state index in [9.17, 15) is 4.79 Å². The molecule has 5 nitrogen and oxygen atoms in total. The van der Waals surface area contributed by atoms with Crippen molar-refractivity contribution in [2.75, 3.05) is 26.1 Å². The number of amides is 1. The molecule has 0 radical (unpaired) electrons. The Bertz CT molecular complexity index is 422. The van der Waals surface area contributed by atoms with Gasteiger partial charge in [0.1, 0.15) is 11.5 Å². The van der Waals surface area contributed by atoms with Crippen molar-refractivity contribution in [3.8, 4) is 11.5 Å². The van der Waals surface area contributed by atoms with Crippen LogP contribution in [0.2, 0.25) is 0 Å². The molecule has 1 rings (SSSR count). The lowest BCUT2D eigenvalue weighted by Gasteiger charge is -2.24. The minimum atomic E-state index is -0.634. The summed E-state index contributed by atoms with van der Waals surface area (Å²) in [5.74, 6) is 1.16. The van der Waals surface area contributed by atoms with Crippen molar-refractivity contribution in [1.29, 1.82) is 0 Å². The molecule has 0 saturated heterocycles. The van der Waals surface area contributed by atoms with E-state index < -0.39 is 5.54 Å². The van der Waals surface area contributed by atoms with E-state index in [4.69, 9.17) is 9.47 Å². The summed E-state index contributed by atoms with van der Waals surface area (Å²) in [7, 11) is 3.14. The molecule has 5 heteroatoms. The van der Waals surface area contributed by atoms with Gasteiger partial charge in [0, 0.05) is 23.9 Å². The number of hydrogen-bond acceptors (Lipinski definition) is 4. The summed E-state index contributed by atoms with van der Waals surface area (Å²) in [6, 6.07) is 5.26. The van der Waals surface area contributed by atoms with E-state index in [1.165, 1.54) is 0 Å². The first-order valence-corrected chi connectivity index (χ1v) is 6.22. The summed E-state index contributed by atoms with van der Waals surface area (Å²) < 4.78 is 10.3. The van der Waals surface area contributed by atoms with E-state index in [0.717, 1.165) is 6.54 Å². The molecule has 0 unspecified atom stereocenters. The Hall–Kier alpha value is -1.75. The number of nitrogens with one attached hydrogen (secondary N) is 2. The Morgan fingerprint density at radius 3 is 2.11 bits per heavy atom. The summed E-state index contributed by atoms with van der Waals surface area (Å²) in [6.07, 6.45) is 0. The van der Waals surface area contributed by atoms with Crippen LogP contribution in [0.5, 0.6) is 11.5 Å². The van der Waals surface area contributed by atoms with Gasteiger partial charge in [-0.1, -0.05) is 6.92 Å². The molecule has 1 aromatic carbocycles. The minimum Gasteiger partial charge on any atom is -0.497 e. The molecule has 19 heavy (non-hydrogen) atoms. The molecule has 0 aliphatic carbocycles. The van der Waals surface area contributed by atoms with Crippen LogP contribution in [-0.2, 0) is 4.79 Å². The van der Waals surface area contributed by atoms with Crippen molar-refractivity contribution in [2.45, 2.75) is 26.3 Å². The third kappa shape index (κ3) is 4.13. The largest absolute Gasteiger partial charge is 0.497 e. The number of carbonyl (C=O) groups excluding carboxylic acids is 1.